The number of nitrogens with zero attached hydrogens (tertiary/aromatic N) is 3. The van der Waals surface area contributed by atoms with Crippen molar-refractivity contribution in [2.75, 3.05) is 51.3 Å². The van der Waals surface area contributed by atoms with Crippen LogP contribution in [0.2, 0.25) is 0 Å². The molecule has 1 fully saturated rings. The number of rotatable bonds is 7. The van der Waals surface area contributed by atoms with Crippen molar-refractivity contribution in [2.45, 2.75) is 39.7 Å². The van der Waals surface area contributed by atoms with Gasteiger partial charge in [0.1, 0.15) is 0 Å². The van der Waals surface area contributed by atoms with Crippen molar-refractivity contribution in [3.05, 3.63) is 29.8 Å². The maximum absolute atomic E-state index is 5.74. The molecule has 1 heterocycles. The summed E-state index contributed by atoms with van der Waals surface area (Å²) >= 11 is 0. The van der Waals surface area contributed by atoms with E-state index in [4.69, 9.17) is 4.74 Å². The van der Waals surface area contributed by atoms with Gasteiger partial charge in [-0.25, -0.2) is 0 Å². The third-order valence-corrected chi connectivity index (χ3v) is 4.86. The number of anilines is 1. The zero-order chi connectivity index (χ0) is 18.1. The Morgan fingerprint density at radius 3 is 2.54 bits per heavy atom. The lowest BCUT2D eigenvalue weighted by Crippen LogP contribution is -2.48. The van der Waals surface area contributed by atoms with Crippen LogP contribution in [0.25, 0.3) is 0 Å². The lowest BCUT2D eigenvalue weighted by molar-refractivity contribution is 0.0264. The van der Waals surface area contributed by atoms with Crippen LogP contribution in [-0.2, 0) is 4.74 Å². The van der Waals surface area contributed by atoms with E-state index in [1.807, 2.05) is 7.05 Å². The van der Waals surface area contributed by atoms with Crippen molar-refractivity contribution in [2.24, 2.45) is 4.99 Å². The van der Waals surface area contributed by atoms with Gasteiger partial charge < -0.3 is 19.9 Å². The molecule has 0 saturated carbocycles. The summed E-state index contributed by atoms with van der Waals surface area (Å²) in [5.74, 6) is 1.01. The van der Waals surface area contributed by atoms with E-state index in [9.17, 15) is 0 Å². The van der Waals surface area contributed by atoms with E-state index >= 15 is 0 Å². The Hall–Kier alpha value is -1.02. The van der Waals surface area contributed by atoms with Crippen molar-refractivity contribution in [1.29, 1.82) is 0 Å². The first-order chi connectivity index (χ1) is 12.2. The molecule has 0 atom stereocenters. The molecule has 26 heavy (non-hydrogen) atoms. The molecule has 0 bridgehead atoms. The standard InChI is InChI=1S/C20H34N4O.HI/c1-5-23(19-10-8-7-9-17(19)3)16-13-22-20(21-4)24-14-11-18(12-15-24)25-6-2;/h7-10,18H,5-6,11-16H2,1-4H3,(H,21,22);1H. The highest BCUT2D eigenvalue weighted by atomic mass is 127. The second kappa shape index (κ2) is 12.4. The lowest BCUT2D eigenvalue weighted by atomic mass is 10.1. The highest BCUT2D eigenvalue weighted by Crippen LogP contribution is 2.18. The number of benzene rings is 1. The average Bonchev–Trinajstić information content (AvgIpc) is 2.64. The number of halogens is 1. The predicted octanol–water partition coefficient (Wildman–Crippen LogP) is 3.52. The van der Waals surface area contributed by atoms with Crippen molar-refractivity contribution in [3.63, 3.8) is 0 Å². The van der Waals surface area contributed by atoms with Gasteiger partial charge in [0.25, 0.3) is 0 Å². The maximum Gasteiger partial charge on any atom is 0.193 e. The smallest absolute Gasteiger partial charge is 0.193 e. The van der Waals surface area contributed by atoms with Crippen LogP contribution in [0.3, 0.4) is 0 Å². The Morgan fingerprint density at radius 1 is 1.27 bits per heavy atom. The number of para-hydroxylation sites is 1. The molecule has 6 heteroatoms. The zero-order valence-corrected chi connectivity index (χ0v) is 19.0. The molecule has 1 saturated heterocycles. The minimum atomic E-state index is 0. The Kier molecular flexibility index (Phi) is 11.0. The summed E-state index contributed by atoms with van der Waals surface area (Å²) in [6, 6.07) is 8.58. The fraction of sp³-hybridized carbons (Fsp3) is 0.650. The number of aliphatic imine (C=N–C) groups is 1. The normalized spacial score (nSPS) is 15.5. The minimum Gasteiger partial charge on any atom is -0.378 e. The van der Waals surface area contributed by atoms with E-state index < -0.39 is 0 Å². The first-order valence-electron chi connectivity index (χ1n) is 9.57. The fourth-order valence-electron chi connectivity index (χ4n) is 3.47. The molecule has 1 N–H and O–H groups in total. The molecule has 1 aliphatic rings. The van der Waals surface area contributed by atoms with Gasteiger partial charge in [-0.1, -0.05) is 18.2 Å². The number of hydrogen-bond acceptors (Lipinski definition) is 3. The SMILES string of the molecule is CCOC1CCN(C(=NC)NCCN(CC)c2ccccc2C)CC1.I. The molecule has 1 aromatic rings. The number of guanidine groups is 1. The van der Waals surface area contributed by atoms with Crippen LogP contribution in [0.4, 0.5) is 5.69 Å². The quantitative estimate of drug-likeness (QED) is 0.373. The van der Waals surface area contributed by atoms with Gasteiger partial charge in [-0.05, 0) is 45.2 Å². The highest BCUT2D eigenvalue weighted by Gasteiger charge is 2.21. The van der Waals surface area contributed by atoms with Crippen LogP contribution in [0.5, 0.6) is 0 Å². The highest BCUT2D eigenvalue weighted by molar-refractivity contribution is 14.0. The van der Waals surface area contributed by atoms with E-state index in [1.165, 1.54) is 11.3 Å². The molecule has 1 aliphatic heterocycles. The summed E-state index contributed by atoms with van der Waals surface area (Å²) in [4.78, 5) is 9.23. The Balaban J connectivity index is 0.00000338. The van der Waals surface area contributed by atoms with Crippen LogP contribution in [0.1, 0.15) is 32.3 Å². The number of aryl methyl sites for hydroxylation is 1. The average molecular weight is 474 g/mol. The first kappa shape index (κ1) is 23.0. The summed E-state index contributed by atoms with van der Waals surface area (Å²) < 4.78 is 5.74. The Bertz CT molecular complexity index is 544. The van der Waals surface area contributed by atoms with Crippen LogP contribution < -0.4 is 10.2 Å². The molecule has 0 unspecified atom stereocenters. The fourth-order valence-corrected chi connectivity index (χ4v) is 3.47. The number of piperidine rings is 1. The molecule has 2 rings (SSSR count). The molecule has 0 aliphatic carbocycles. The van der Waals surface area contributed by atoms with Crippen LogP contribution >= 0.6 is 24.0 Å². The Morgan fingerprint density at radius 2 is 1.96 bits per heavy atom. The first-order valence-corrected chi connectivity index (χ1v) is 9.57. The van der Waals surface area contributed by atoms with E-state index in [0.717, 1.165) is 58.1 Å². The van der Waals surface area contributed by atoms with Crippen molar-refractivity contribution >= 4 is 35.6 Å². The molecule has 0 radical (unpaired) electrons. The third kappa shape index (κ3) is 6.61. The maximum atomic E-state index is 5.74. The third-order valence-electron chi connectivity index (χ3n) is 4.86. The van der Waals surface area contributed by atoms with E-state index in [0.29, 0.717) is 6.10 Å². The van der Waals surface area contributed by atoms with Gasteiger partial charge in [-0.15, -0.1) is 24.0 Å². The van der Waals surface area contributed by atoms with Gasteiger partial charge in [0.2, 0.25) is 0 Å². The number of hydrogen-bond donors (Lipinski definition) is 1. The van der Waals surface area contributed by atoms with Gasteiger partial charge in [0.15, 0.2) is 5.96 Å². The molecule has 0 spiro atoms. The van der Waals surface area contributed by atoms with Gasteiger partial charge in [-0.2, -0.15) is 0 Å². The molecule has 0 amide bonds. The second-order valence-corrected chi connectivity index (χ2v) is 6.48. The van der Waals surface area contributed by atoms with Crippen LogP contribution in [-0.4, -0.2) is 63.3 Å². The van der Waals surface area contributed by atoms with Crippen molar-refractivity contribution in [1.82, 2.24) is 10.2 Å². The number of likely N-dealkylation sites (tertiary alicyclic amines) is 1. The predicted molar refractivity (Wildman–Crippen MR) is 122 cm³/mol. The molecular weight excluding hydrogens is 439 g/mol. The number of ether oxygens (including phenoxy) is 1. The lowest BCUT2D eigenvalue weighted by Gasteiger charge is -2.34. The number of likely N-dealkylation sites (N-methyl/N-ethyl adjacent to an activating group) is 1. The van der Waals surface area contributed by atoms with Crippen molar-refractivity contribution < 1.29 is 4.74 Å². The molecule has 0 aromatic heterocycles. The summed E-state index contributed by atoms with van der Waals surface area (Å²) in [6.45, 7) is 12.1. The summed E-state index contributed by atoms with van der Waals surface area (Å²) in [6.07, 6.45) is 2.58. The van der Waals surface area contributed by atoms with E-state index in [-0.39, 0.29) is 24.0 Å². The zero-order valence-electron chi connectivity index (χ0n) is 16.7. The molecule has 148 valence electrons. The van der Waals surface area contributed by atoms with Gasteiger partial charge in [-0.3, -0.25) is 4.99 Å². The summed E-state index contributed by atoms with van der Waals surface area (Å²) in [7, 11) is 1.87. The second-order valence-electron chi connectivity index (χ2n) is 6.48. The minimum absolute atomic E-state index is 0. The monoisotopic (exact) mass is 474 g/mol. The summed E-state index contributed by atoms with van der Waals surface area (Å²) in [5, 5.41) is 3.53. The molecular formula is C20H35IN4O. The molecule has 5 nitrogen and oxygen atoms in total. The largest absolute Gasteiger partial charge is 0.378 e. The van der Waals surface area contributed by atoms with Gasteiger partial charge in [0.05, 0.1) is 6.10 Å². The van der Waals surface area contributed by atoms with Gasteiger partial charge >= 0.3 is 0 Å². The van der Waals surface area contributed by atoms with Crippen molar-refractivity contribution in [3.8, 4) is 0 Å². The number of nitrogens with one attached hydrogen (secondary N) is 1. The van der Waals surface area contributed by atoms with Crippen LogP contribution in [0.15, 0.2) is 29.3 Å². The van der Waals surface area contributed by atoms with Crippen LogP contribution in [0, 0.1) is 6.92 Å². The van der Waals surface area contributed by atoms with E-state index in [2.05, 4.69) is 65.1 Å². The van der Waals surface area contributed by atoms with Gasteiger partial charge in [0, 0.05) is 52.1 Å². The van der Waals surface area contributed by atoms with E-state index in [1.54, 1.807) is 0 Å². The Labute approximate surface area is 176 Å². The molecule has 1 aromatic carbocycles. The topological polar surface area (TPSA) is 40.1 Å². The summed E-state index contributed by atoms with van der Waals surface area (Å²) in [5.41, 5.74) is 2.64.